The van der Waals surface area contributed by atoms with E-state index in [1.807, 2.05) is 0 Å². The number of rotatable bonds is 34. The van der Waals surface area contributed by atoms with Crippen molar-refractivity contribution in [1.82, 2.24) is 0 Å². The summed E-state index contributed by atoms with van der Waals surface area (Å²) in [5.74, 6) is -0.381. The van der Waals surface area contributed by atoms with Gasteiger partial charge in [0.2, 0.25) is 0 Å². The van der Waals surface area contributed by atoms with Crippen LogP contribution in [-0.4, -0.2) is 142 Å². The summed E-state index contributed by atoms with van der Waals surface area (Å²) in [5, 5.41) is 71.8. The third-order valence-electron chi connectivity index (χ3n) is 10.8. The van der Waals surface area contributed by atoms with Crippen molar-refractivity contribution in [3.05, 3.63) is 12.2 Å². The highest BCUT2D eigenvalue weighted by atomic mass is 16.7. The zero-order valence-electron chi connectivity index (χ0n) is 35.1. The van der Waals surface area contributed by atoms with Crippen LogP contribution in [0.1, 0.15) is 155 Å². The lowest BCUT2D eigenvalue weighted by Gasteiger charge is -2.42. The average Bonchev–Trinajstić information content (AvgIpc) is 3.20. The number of unbranched alkanes of at least 4 members (excludes halogenated alkanes) is 18. The second-order valence-corrected chi connectivity index (χ2v) is 15.9. The smallest absolute Gasteiger partial charge is 0.306 e. The van der Waals surface area contributed by atoms with Crippen molar-refractivity contribution >= 4 is 5.97 Å². The Morgan fingerprint density at radius 1 is 0.561 bits per heavy atom. The van der Waals surface area contributed by atoms with Gasteiger partial charge in [-0.15, -0.1) is 0 Å². The van der Waals surface area contributed by atoms with Gasteiger partial charge in [-0.3, -0.25) is 4.79 Å². The van der Waals surface area contributed by atoms with Gasteiger partial charge in [0, 0.05) is 13.0 Å². The van der Waals surface area contributed by atoms with E-state index in [4.69, 9.17) is 28.4 Å². The van der Waals surface area contributed by atoms with Crippen LogP contribution in [0.5, 0.6) is 0 Å². The molecule has 0 bridgehead atoms. The molecule has 14 heteroatoms. The number of hydrogen-bond acceptors (Lipinski definition) is 14. The summed E-state index contributed by atoms with van der Waals surface area (Å²) in [6, 6.07) is 0. The van der Waals surface area contributed by atoms with Gasteiger partial charge in [-0.05, 0) is 38.5 Å². The number of aliphatic hydroxyl groups excluding tert-OH is 7. The molecule has 0 aromatic rings. The Hall–Kier alpha value is -1.27. The fourth-order valence-corrected chi connectivity index (χ4v) is 7.04. The molecule has 0 aromatic carbocycles. The minimum absolute atomic E-state index is 0.0615. The van der Waals surface area contributed by atoms with Gasteiger partial charge in [-0.2, -0.15) is 0 Å². The molecule has 2 saturated heterocycles. The Bertz CT molecular complexity index is 1000. The molecule has 0 aliphatic carbocycles. The SMILES string of the molecule is CCCCC/C=C\CCCCCCCCOCC(COC1OC(COC2OC(CO)C(O)C(O)C2O)C(O)C(O)C1O)OC(=O)CCCCCCCCCCCC. The maximum absolute atomic E-state index is 12.9. The van der Waals surface area contributed by atoms with E-state index in [2.05, 4.69) is 26.0 Å². The molecule has 0 aromatic heterocycles. The van der Waals surface area contributed by atoms with E-state index < -0.39 is 80.7 Å². The zero-order chi connectivity index (χ0) is 41.7. The number of carbonyl (C=O) groups is 1. The minimum Gasteiger partial charge on any atom is -0.457 e. The third kappa shape index (κ3) is 21.7. The zero-order valence-corrected chi connectivity index (χ0v) is 35.1. The minimum atomic E-state index is -1.70. The van der Waals surface area contributed by atoms with Crippen LogP contribution in [0, 0.1) is 0 Å². The van der Waals surface area contributed by atoms with Gasteiger partial charge in [0.1, 0.15) is 54.9 Å². The molecule has 14 nitrogen and oxygen atoms in total. The maximum Gasteiger partial charge on any atom is 0.306 e. The summed E-state index contributed by atoms with van der Waals surface area (Å²) >= 11 is 0. The Balaban J connectivity index is 1.83. The lowest BCUT2D eigenvalue weighted by atomic mass is 9.98. The molecule has 2 aliphatic rings. The van der Waals surface area contributed by atoms with E-state index >= 15 is 0 Å². The first-order valence-electron chi connectivity index (χ1n) is 22.3. The van der Waals surface area contributed by atoms with E-state index in [-0.39, 0.29) is 25.6 Å². The highest BCUT2D eigenvalue weighted by Crippen LogP contribution is 2.26. The van der Waals surface area contributed by atoms with Gasteiger partial charge < -0.3 is 64.2 Å². The molecule has 11 atom stereocenters. The molecule has 11 unspecified atom stereocenters. The summed E-state index contributed by atoms with van der Waals surface area (Å²) in [5.41, 5.74) is 0. The van der Waals surface area contributed by atoms with Crippen LogP contribution in [0.3, 0.4) is 0 Å². The molecule has 0 amide bonds. The normalized spacial score (nSPS) is 28.6. The van der Waals surface area contributed by atoms with Crippen molar-refractivity contribution in [2.45, 2.75) is 223 Å². The lowest BCUT2D eigenvalue weighted by molar-refractivity contribution is -0.332. The third-order valence-corrected chi connectivity index (χ3v) is 10.8. The first-order valence-corrected chi connectivity index (χ1v) is 22.3. The number of carbonyl (C=O) groups excluding carboxylic acids is 1. The van der Waals surface area contributed by atoms with Crippen LogP contribution in [0.25, 0.3) is 0 Å². The van der Waals surface area contributed by atoms with Gasteiger partial charge in [-0.1, -0.05) is 122 Å². The number of esters is 1. The molecule has 2 rings (SSSR count). The van der Waals surface area contributed by atoms with Gasteiger partial charge in [0.25, 0.3) is 0 Å². The van der Waals surface area contributed by atoms with Crippen LogP contribution < -0.4 is 0 Å². The van der Waals surface area contributed by atoms with Crippen LogP contribution in [0.2, 0.25) is 0 Å². The maximum atomic E-state index is 12.9. The largest absolute Gasteiger partial charge is 0.457 e. The van der Waals surface area contributed by atoms with Crippen LogP contribution in [0.15, 0.2) is 12.2 Å². The van der Waals surface area contributed by atoms with E-state index in [0.717, 1.165) is 44.9 Å². The molecule has 2 fully saturated rings. The lowest BCUT2D eigenvalue weighted by Crippen LogP contribution is -2.61. The fourth-order valence-electron chi connectivity index (χ4n) is 7.04. The molecule has 7 N–H and O–H groups in total. The summed E-state index contributed by atoms with van der Waals surface area (Å²) in [4.78, 5) is 12.9. The van der Waals surface area contributed by atoms with E-state index in [1.54, 1.807) is 0 Å². The number of allylic oxidation sites excluding steroid dienone is 2. The molecule has 0 spiro atoms. The second-order valence-electron chi connectivity index (χ2n) is 15.9. The molecule has 2 heterocycles. The summed E-state index contributed by atoms with van der Waals surface area (Å²) in [7, 11) is 0. The van der Waals surface area contributed by atoms with Crippen molar-refractivity contribution < 1.29 is 69.0 Å². The molecule has 336 valence electrons. The van der Waals surface area contributed by atoms with Crippen molar-refractivity contribution in [1.29, 1.82) is 0 Å². The molecule has 0 radical (unpaired) electrons. The second kappa shape index (κ2) is 32.5. The van der Waals surface area contributed by atoms with E-state index in [1.165, 1.54) is 83.5 Å². The standard InChI is InChI=1S/C43H80O14/c1-3-5-7-9-11-13-15-16-17-19-21-23-25-27-52-29-32(55-35(45)26-24-22-20-18-14-12-10-8-6-4-2)30-53-42-41(51)39(49)37(47)34(57-42)31-54-43-40(50)38(48)36(46)33(28-44)56-43/h11,13,32-34,36-44,46-51H,3-10,12,14-31H2,1-2H3/b13-11-. The van der Waals surface area contributed by atoms with Gasteiger partial charge in [0.05, 0.1) is 26.4 Å². The highest BCUT2D eigenvalue weighted by molar-refractivity contribution is 5.69. The van der Waals surface area contributed by atoms with Crippen molar-refractivity contribution in [2.24, 2.45) is 0 Å². The molecule has 0 saturated carbocycles. The number of aliphatic hydroxyl groups is 7. The average molecular weight is 821 g/mol. The Morgan fingerprint density at radius 3 is 1.63 bits per heavy atom. The van der Waals surface area contributed by atoms with Gasteiger partial charge in [-0.25, -0.2) is 0 Å². The Morgan fingerprint density at radius 2 is 1.04 bits per heavy atom. The van der Waals surface area contributed by atoms with Crippen molar-refractivity contribution in [3.63, 3.8) is 0 Å². The predicted octanol–water partition coefficient (Wildman–Crippen LogP) is 4.73. The first kappa shape index (κ1) is 51.9. The summed E-state index contributed by atoms with van der Waals surface area (Å²) in [6.07, 6.45) is 12.9. The molecular weight excluding hydrogens is 740 g/mol. The quantitative estimate of drug-likeness (QED) is 0.0266. The van der Waals surface area contributed by atoms with E-state index in [9.17, 15) is 40.5 Å². The Kier molecular flexibility index (Phi) is 29.6. The van der Waals surface area contributed by atoms with Crippen molar-refractivity contribution in [2.75, 3.05) is 33.0 Å². The fraction of sp³-hybridized carbons (Fsp3) is 0.930. The summed E-state index contributed by atoms with van der Waals surface area (Å²) < 4.78 is 34.1. The highest BCUT2D eigenvalue weighted by Gasteiger charge is 2.47. The Labute approximate surface area is 342 Å². The van der Waals surface area contributed by atoms with Crippen LogP contribution in [-0.2, 0) is 33.2 Å². The van der Waals surface area contributed by atoms with Gasteiger partial charge >= 0.3 is 5.97 Å². The van der Waals surface area contributed by atoms with Gasteiger partial charge in [0.15, 0.2) is 12.6 Å². The van der Waals surface area contributed by atoms with Crippen LogP contribution in [0.4, 0.5) is 0 Å². The summed E-state index contributed by atoms with van der Waals surface area (Å²) in [6.45, 7) is 3.63. The van der Waals surface area contributed by atoms with Crippen molar-refractivity contribution in [3.8, 4) is 0 Å². The molecule has 2 aliphatic heterocycles. The number of hydrogen-bond donors (Lipinski definition) is 7. The van der Waals surface area contributed by atoms with Crippen LogP contribution >= 0.6 is 0 Å². The molecule has 57 heavy (non-hydrogen) atoms. The molecular formula is C43H80O14. The predicted molar refractivity (Wildman–Crippen MR) is 215 cm³/mol. The topological polar surface area (TPSA) is 214 Å². The first-order chi connectivity index (χ1) is 27.6. The monoisotopic (exact) mass is 821 g/mol. The number of ether oxygens (including phenoxy) is 6. The van der Waals surface area contributed by atoms with E-state index in [0.29, 0.717) is 13.0 Å².